The molecule has 0 aliphatic heterocycles. The molecule has 1 rings (SSSR count). The minimum atomic E-state index is 0.255. The zero-order valence-corrected chi connectivity index (χ0v) is 11.8. The number of ketones is 1. The molecule has 1 aromatic carbocycles. The summed E-state index contributed by atoms with van der Waals surface area (Å²) in [5, 5.41) is 0. The molecule has 0 atom stereocenters. The topological polar surface area (TPSA) is 17.1 Å². The van der Waals surface area contributed by atoms with E-state index in [4.69, 9.17) is 0 Å². The van der Waals surface area contributed by atoms with Gasteiger partial charge in [-0.1, -0.05) is 36.2 Å². The van der Waals surface area contributed by atoms with Crippen molar-refractivity contribution in [1.82, 2.24) is 0 Å². The normalized spacial score (nSPS) is 10.8. The van der Waals surface area contributed by atoms with Crippen molar-refractivity contribution >= 4 is 21.7 Å². The van der Waals surface area contributed by atoms with Gasteiger partial charge in [0.15, 0.2) is 5.78 Å². The van der Waals surface area contributed by atoms with E-state index in [0.29, 0.717) is 12.3 Å². The number of benzene rings is 1. The minimum Gasteiger partial charge on any atom is -0.294 e. The Balaban J connectivity index is 2.59. The molecule has 0 aromatic heterocycles. The van der Waals surface area contributed by atoms with Crippen LogP contribution in [0.15, 0.2) is 22.7 Å². The van der Waals surface area contributed by atoms with Crippen LogP contribution < -0.4 is 0 Å². The van der Waals surface area contributed by atoms with Crippen molar-refractivity contribution in [1.29, 1.82) is 0 Å². The van der Waals surface area contributed by atoms with Gasteiger partial charge in [-0.15, -0.1) is 0 Å². The van der Waals surface area contributed by atoms with Crippen LogP contribution in [0.2, 0.25) is 0 Å². The average molecular weight is 283 g/mol. The molecule has 0 spiro atoms. The maximum atomic E-state index is 11.9. The second-order valence-corrected chi connectivity index (χ2v) is 5.64. The van der Waals surface area contributed by atoms with Gasteiger partial charge in [-0.3, -0.25) is 4.79 Å². The molecule has 0 amide bonds. The number of rotatable bonds is 5. The summed E-state index contributed by atoms with van der Waals surface area (Å²) in [4.78, 5) is 11.9. The molecule has 0 saturated carbocycles. The molecule has 2 heteroatoms. The smallest absolute Gasteiger partial charge is 0.162 e. The minimum absolute atomic E-state index is 0.255. The molecule has 0 N–H and O–H groups in total. The van der Waals surface area contributed by atoms with E-state index in [1.807, 2.05) is 25.1 Å². The van der Waals surface area contributed by atoms with E-state index in [1.54, 1.807) is 0 Å². The predicted molar refractivity (Wildman–Crippen MR) is 71.9 cm³/mol. The highest BCUT2D eigenvalue weighted by atomic mass is 79.9. The number of hydrogen-bond acceptors (Lipinski definition) is 1. The molecule has 0 fully saturated rings. The van der Waals surface area contributed by atoms with Gasteiger partial charge in [0.25, 0.3) is 0 Å². The zero-order chi connectivity index (χ0) is 12.1. The first-order chi connectivity index (χ1) is 7.49. The number of halogens is 1. The van der Waals surface area contributed by atoms with Crippen molar-refractivity contribution < 1.29 is 4.79 Å². The van der Waals surface area contributed by atoms with Gasteiger partial charge in [0.2, 0.25) is 0 Å². The number of Topliss-reactive ketones (excluding diaryl/α,β-unsaturated/α-hetero) is 1. The fourth-order valence-electron chi connectivity index (χ4n) is 1.71. The van der Waals surface area contributed by atoms with Crippen LogP contribution in [0, 0.1) is 12.8 Å². The summed E-state index contributed by atoms with van der Waals surface area (Å²) in [5.74, 6) is 0.932. The summed E-state index contributed by atoms with van der Waals surface area (Å²) in [7, 11) is 0. The first-order valence-corrected chi connectivity index (χ1v) is 6.58. The van der Waals surface area contributed by atoms with Crippen molar-refractivity contribution in [3.8, 4) is 0 Å². The number of carbonyl (C=O) groups excluding carboxylic acids is 1. The van der Waals surface area contributed by atoms with Crippen LogP contribution in [0.3, 0.4) is 0 Å². The molecule has 0 aliphatic rings. The summed E-state index contributed by atoms with van der Waals surface area (Å²) in [6.07, 6.45) is 2.77. The molecule has 0 bridgehead atoms. The van der Waals surface area contributed by atoms with E-state index >= 15 is 0 Å². The van der Waals surface area contributed by atoms with Crippen LogP contribution >= 0.6 is 15.9 Å². The Morgan fingerprint density at radius 2 is 2.00 bits per heavy atom. The lowest BCUT2D eigenvalue weighted by Gasteiger charge is -2.05. The van der Waals surface area contributed by atoms with Gasteiger partial charge >= 0.3 is 0 Å². The maximum absolute atomic E-state index is 11.9. The van der Waals surface area contributed by atoms with Gasteiger partial charge < -0.3 is 0 Å². The van der Waals surface area contributed by atoms with Gasteiger partial charge in [0.1, 0.15) is 0 Å². The van der Waals surface area contributed by atoms with Gasteiger partial charge in [-0.05, 0) is 43.0 Å². The van der Waals surface area contributed by atoms with Crippen LogP contribution in [-0.2, 0) is 0 Å². The van der Waals surface area contributed by atoms with Crippen molar-refractivity contribution in [3.63, 3.8) is 0 Å². The molecular weight excluding hydrogens is 264 g/mol. The van der Waals surface area contributed by atoms with Gasteiger partial charge in [-0.25, -0.2) is 0 Å². The molecule has 0 saturated heterocycles. The fourth-order valence-corrected chi connectivity index (χ4v) is 2.32. The number of aryl methyl sites for hydroxylation is 1. The van der Waals surface area contributed by atoms with E-state index in [-0.39, 0.29) is 5.78 Å². The third-order valence-corrected chi connectivity index (χ3v) is 3.01. The molecule has 1 nitrogen and oxygen atoms in total. The van der Waals surface area contributed by atoms with E-state index in [9.17, 15) is 4.79 Å². The third kappa shape index (κ3) is 4.48. The monoisotopic (exact) mass is 282 g/mol. The molecule has 0 radical (unpaired) electrons. The Kier molecular flexibility index (Phi) is 5.20. The Bertz CT molecular complexity index is 349. The van der Waals surface area contributed by atoms with E-state index < -0.39 is 0 Å². The van der Waals surface area contributed by atoms with Crippen LogP contribution in [0.4, 0.5) is 0 Å². The van der Waals surface area contributed by atoms with Gasteiger partial charge in [0.05, 0.1) is 0 Å². The lowest BCUT2D eigenvalue weighted by Crippen LogP contribution is -2.00. The first-order valence-electron chi connectivity index (χ1n) is 5.79. The molecule has 0 heterocycles. The maximum Gasteiger partial charge on any atom is 0.162 e. The SMILES string of the molecule is Cc1cc(Br)cc(C(=O)CCCC(C)C)c1. The summed E-state index contributed by atoms with van der Waals surface area (Å²) >= 11 is 3.42. The molecular formula is C14H19BrO. The van der Waals surface area contributed by atoms with Crippen LogP contribution in [0.1, 0.15) is 49.0 Å². The van der Waals surface area contributed by atoms with Gasteiger partial charge in [-0.2, -0.15) is 0 Å². The van der Waals surface area contributed by atoms with Crippen LogP contribution in [-0.4, -0.2) is 5.78 Å². The van der Waals surface area contributed by atoms with Crippen molar-refractivity contribution in [2.75, 3.05) is 0 Å². The number of carbonyl (C=O) groups is 1. The largest absolute Gasteiger partial charge is 0.294 e. The van der Waals surface area contributed by atoms with Gasteiger partial charge in [0, 0.05) is 16.5 Å². The molecule has 0 unspecified atom stereocenters. The predicted octanol–water partition coefficient (Wildman–Crippen LogP) is 4.77. The Labute approximate surface area is 106 Å². The Morgan fingerprint density at radius 3 is 2.56 bits per heavy atom. The average Bonchev–Trinajstić information content (AvgIpc) is 2.15. The highest BCUT2D eigenvalue weighted by Gasteiger charge is 2.07. The fraction of sp³-hybridized carbons (Fsp3) is 0.500. The lowest BCUT2D eigenvalue weighted by molar-refractivity contribution is 0.0978. The van der Waals surface area contributed by atoms with Crippen molar-refractivity contribution in [2.45, 2.75) is 40.0 Å². The summed E-state index contributed by atoms with van der Waals surface area (Å²) in [6.45, 7) is 6.39. The second kappa shape index (κ2) is 6.19. The Morgan fingerprint density at radius 1 is 1.31 bits per heavy atom. The summed E-state index contributed by atoms with van der Waals surface area (Å²) < 4.78 is 0.986. The highest BCUT2D eigenvalue weighted by molar-refractivity contribution is 9.10. The quantitative estimate of drug-likeness (QED) is 0.711. The zero-order valence-electron chi connectivity index (χ0n) is 10.2. The van der Waals surface area contributed by atoms with Crippen molar-refractivity contribution in [2.24, 2.45) is 5.92 Å². The molecule has 1 aromatic rings. The lowest BCUT2D eigenvalue weighted by atomic mass is 10.0. The van der Waals surface area contributed by atoms with Crippen LogP contribution in [0.5, 0.6) is 0 Å². The van der Waals surface area contributed by atoms with E-state index in [2.05, 4.69) is 29.8 Å². The highest BCUT2D eigenvalue weighted by Crippen LogP contribution is 2.18. The Hall–Kier alpha value is -0.630. The number of hydrogen-bond donors (Lipinski definition) is 0. The van der Waals surface area contributed by atoms with Crippen LogP contribution in [0.25, 0.3) is 0 Å². The van der Waals surface area contributed by atoms with E-state index in [1.165, 1.54) is 0 Å². The summed E-state index contributed by atoms with van der Waals surface area (Å²) in [6, 6.07) is 5.89. The molecule has 16 heavy (non-hydrogen) atoms. The first kappa shape index (κ1) is 13.4. The summed E-state index contributed by atoms with van der Waals surface area (Å²) in [5.41, 5.74) is 1.96. The third-order valence-electron chi connectivity index (χ3n) is 2.55. The van der Waals surface area contributed by atoms with E-state index in [0.717, 1.165) is 28.4 Å². The second-order valence-electron chi connectivity index (χ2n) is 4.73. The molecule has 88 valence electrons. The molecule has 0 aliphatic carbocycles. The standard InChI is InChI=1S/C14H19BrO/c1-10(2)5-4-6-14(16)12-7-11(3)8-13(15)9-12/h7-10H,4-6H2,1-3H3. The van der Waals surface area contributed by atoms with Crippen molar-refractivity contribution in [3.05, 3.63) is 33.8 Å².